The average molecular weight is 269 g/mol. The summed E-state index contributed by atoms with van der Waals surface area (Å²) >= 11 is 0. The number of carbonyl (C=O) groups is 1. The van der Waals surface area contributed by atoms with Crippen molar-refractivity contribution in [2.75, 3.05) is 0 Å². The van der Waals surface area contributed by atoms with E-state index in [0.717, 1.165) is 37.1 Å². The average Bonchev–Trinajstić information content (AvgIpc) is 2.47. The summed E-state index contributed by atoms with van der Waals surface area (Å²) in [7, 11) is 0. The number of benzene rings is 1. The number of carbonyl (C=O) groups excluding carboxylic acids is 1. The second kappa shape index (κ2) is 6.80. The fourth-order valence-corrected chi connectivity index (χ4v) is 2.02. The first-order valence-corrected chi connectivity index (χ1v) is 6.87. The van der Waals surface area contributed by atoms with Gasteiger partial charge in [-0.3, -0.25) is 4.79 Å². The molecule has 0 aliphatic heterocycles. The van der Waals surface area contributed by atoms with E-state index in [9.17, 15) is 4.79 Å². The van der Waals surface area contributed by atoms with Gasteiger partial charge in [-0.05, 0) is 36.1 Å². The molecule has 1 aromatic heterocycles. The first kappa shape index (κ1) is 14.2. The van der Waals surface area contributed by atoms with Crippen LogP contribution in [-0.2, 0) is 19.3 Å². The molecule has 4 heteroatoms. The second-order valence-corrected chi connectivity index (χ2v) is 4.82. The number of rotatable bonds is 6. The molecule has 4 nitrogen and oxygen atoms in total. The molecule has 0 saturated heterocycles. The minimum Gasteiger partial charge on any atom is -0.366 e. The van der Waals surface area contributed by atoms with Gasteiger partial charge in [0.2, 0.25) is 5.91 Å². The Balaban J connectivity index is 1.92. The van der Waals surface area contributed by atoms with Crippen molar-refractivity contribution in [3.63, 3.8) is 0 Å². The molecule has 1 aromatic carbocycles. The predicted molar refractivity (Wildman–Crippen MR) is 78.4 cm³/mol. The van der Waals surface area contributed by atoms with E-state index < -0.39 is 5.91 Å². The van der Waals surface area contributed by atoms with Crippen LogP contribution < -0.4 is 5.73 Å². The highest BCUT2D eigenvalue weighted by Gasteiger charge is 2.02. The van der Waals surface area contributed by atoms with Crippen LogP contribution in [-0.4, -0.2) is 15.9 Å². The number of primary amides is 1. The number of nitrogens with two attached hydrogens (primary N) is 1. The third-order valence-corrected chi connectivity index (χ3v) is 3.17. The zero-order valence-corrected chi connectivity index (χ0v) is 11.7. The van der Waals surface area contributed by atoms with Gasteiger partial charge in [0.15, 0.2) is 0 Å². The van der Waals surface area contributed by atoms with Crippen molar-refractivity contribution in [2.45, 2.75) is 32.6 Å². The summed E-state index contributed by atoms with van der Waals surface area (Å²) in [5.74, 6) is 0.454. The van der Waals surface area contributed by atoms with E-state index in [0.29, 0.717) is 5.56 Å². The predicted octanol–water partition coefficient (Wildman–Crippen LogP) is 2.31. The van der Waals surface area contributed by atoms with Gasteiger partial charge in [-0.25, -0.2) is 9.97 Å². The second-order valence-electron chi connectivity index (χ2n) is 4.82. The molecule has 2 N–H and O–H groups in total. The third-order valence-electron chi connectivity index (χ3n) is 3.17. The van der Waals surface area contributed by atoms with Crippen LogP contribution >= 0.6 is 0 Å². The number of nitrogens with zero attached hydrogens (tertiary/aromatic N) is 2. The van der Waals surface area contributed by atoms with Crippen molar-refractivity contribution in [1.29, 1.82) is 0 Å². The van der Waals surface area contributed by atoms with Gasteiger partial charge in [0.1, 0.15) is 5.82 Å². The van der Waals surface area contributed by atoms with E-state index in [1.165, 1.54) is 5.56 Å². The highest BCUT2D eigenvalue weighted by molar-refractivity contribution is 5.92. The zero-order chi connectivity index (χ0) is 14.4. The Kier molecular flexibility index (Phi) is 4.82. The molecule has 0 fully saturated rings. The summed E-state index contributed by atoms with van der Waals surface area (Å²) in [4.78, 5) is 19.7. The van der Waals surface area contributed by atoms with Crippen LogP contribution in [0.4, 0.5) is 0 Å². The molecule has 0 saturated carbocycles. The van der Waals surface area contributed by atoms with E-state index >= 15 is 0 Å². The Hall–Kier alpha value is -2.23. The summed E-state index contributed by atoms with van der Waals surface area (Å²) in [6, 6.07) is 7.35. The molecule has 0 unspecified atom stereocenters. The van der Waals surface area contributed by atoms with Crippen LogP contribution in [0.25, 0.3) is 0 Å². The van der Waals surface area contributed by atoms with Crippen LogP contribution in [0.1, 0.15) is 40.7 Å². The Morgan fingerprint density at radius 1 is 1.00 bits per heavy atom. The van der Waals surface area contributed by atoms with Crippen LogP contribution in [0.2, 0.25) is 0 Å². The fourth-order valence-electron chi connectivity index (χ4n) is 2.02. The fraction of sp³-hybridized carbons (Fsp3) is 0.312. The quantitative estimate of drug-likeness (QED) is 0.875. The number of hydrogen-bond acceptors (Lipinski definition) is 3. The van der Waals surface area contributed by atoms with Crippen LogP contribution in [0.3, 0.4) is 0 Å². The molecule has 0 aliphatic carbocycles. The lowest BCUT2D eigenvalue weighted by molar-refractivity contribution is 0.100. The monoisotopic (exact) mass is 269 g/mol. The molecule has 2 aromatic rings. The van der Waals surface area contributed by atoms with Crippen LogP contribution in [0.5, 0.6) is 0 Å². The Morgan fingerprint density at radius 3 is 2.20 bits per heavy atom. The van der Waals surface area contributed by atoms with Crippen molar-refractivity contribution in [3.05, 3.63) is 59.2 Å². The molecule has 1 heterocycles. The molecule has 0 bridgehead atoms. The molecule has 2 rings (SSSR count). The highest BCUT2D eigenvalue weighted by atomic mass is 16.1. The maximum absolute atomic E-state index is 11.0. The number of amides is 1. The molecule has 104 valence electrons. The SMILES string of the molecule is CCCc1cnc(CCc2ccc(C(N)=O)cc2)nc1. The van der Waals surface area contributed by atoms with E-state index in [1.54, 1.807) is 12.1 Å². The standard InChI is InChI=1S/C16H19N3O/c1-2-3-13-10-18-15(19-11-13)9-6-12-4-7-14(8-5-12)16(17)20/h4-5,7-8,10-11H,2-3,6,9H2,1H3,(H2,17,20). The normalized spacial score (nSPS) is 10.4. The largest absolute Gasteiger partial charge is 0.366 e. The van der Waals surface area contributed by atoms with Crippen molar-refractivity contribution >= 4 is 5.91 Å². The van der Waals surface area contributed by atoms with Gasteiger partial charge in [-0.15, -0.1) is 0 Å². The Labute approximate surface area is 119 Å². The lowest BCUT2D eigenvalue weighted by Crippen LogP contribution is -2.10. The van der Waals surface area contributed by atoms with E-state index in [2.05, 4.69) is 16.9 Å². The van der Waals surface area contributed by atoms with Gasteiger partial charge in [-0.2, -0.15) is 0 Å². The summed E-state index contributed by atoms with van der Waals surface area (Å²) in [6.45, 7) is 2.14. The van der Waals surface area contributed by atoms with Crippen molar-refractivity contribution in [3.8, 4) is 0 Å². The van der Waals surface area contributed by atoms with Gasteiger partial charge in [0.25, 0.3) is 0 Å². The molecule has 0 atom stereocenters. The smallest absolute Gasteiger partial charge is 0.248 e. The molecule has 1 amide bonds. The maximum Gasteiger partial charge on any atom is 0.248 e. The van der Waals surface area contributed by atoms with Gasteiger partial charge >= 0.3 is 0 Å². The number of hydrogen-bond donors (Lipinski definition) is 1. The molecule has 0 radical (unpaired) electrons. The Morgan fingerprint density at radius 2 is 1.65 bits per heavy atom. The summed E-state index contributed by atoms with van der Waals surface area (Å²) in [6.07, 6.45) is 7.59. The topological polar surface area (TPSA) is 68.9 Å². The summed E-state index contributed by atoms with van der Waals surface area (Å²) < 4.78 is 0. The maximum atomic E-state index is 11.0. The van der Waals surface area contributed by atoms with Gasteiger partial charge in [-0.1, -0.05) is 25.5 Å². The highest BCUT2D eigenvalue weighted by Crippen LogP contribution is 2.07. The first-order valence-electron chi connectivity index (χ1n) is 6.87. The minimum atomic E-state index is -0.397. The molecular weight excluding hydrogens is 250 g/mol. The summed E-state index contributed by atoms with van der Waals surface area (Å²) in [5, 5.41) is 0. The van der Waals surface area contributed by atoms with E-state index in [1.807, 2.05) is 24.5 Å². The lowest BCUT2D eigenvalue weighted by Gasteiger charge is -2.03. The minimum absolute atomic E-state index is 0.397. The van der Waals surface area contributed by atoms with Crippen LogP contribution in [0.15, 0.2) is 36.7 Å². The molecule has 0 spiro atoms. The molecular formula is C16H19N3O. The van der Waals surface area contributed by atoms with Crippen LogP contribution in [0, 0.1) is 0 Å². The molecule has 20 heavy (non-hydrogen) atoms. The van der Waals surface area contributed by atoms with Crippen molar-refractivity contribution < 1.29 is 4.79 Å². The number of aryl methyl sites for hydroxylation is 3. The summed E-state index contributed by atoms with van der Waals surface area (Å²) in [5.41, 5.74) is 8.08. The van der Waals surface area contributed by atoms with Gasteiger partial charge < -0.3 is 5.73 Å². The van der Waals surface area contributed by atoms with E-state index in [4.69, 9.17) is 5.73 Å². The Bertz CT molecular complexity index is 561. The molecule has 0 aliphatic rings. The van der Waals surface area contributed by atoms with E-state index in [-0.39, 0.29) is 0 Å². The van der Waals surface area contributed by atoms with Crippen molar-refractivity contribution in [1.82, 2.24) is 9.97 Å². The van der Waals surface area contributed by atoms with Crippen molar-refractivity contribution in [2.24, 2.45) is 5.73 Å². The lowest BCUT2D eigenvalue weighted by atomic mass is 10.1. The number of aromatic nitrogens is 2. The zero-order valence-electron chi connectivity index (χ0n) is 11.7. The third kappa shape index (κ3) is 3.88. The van der Waals surface area contributed by atoms with Gasteiger partial charge in [0, 0.05) is 24.4 Å². The first-order chi connectivity index (χ1) is 9.69. The van der Waals surface area contributed by atoms with Gasteiger partial charge in [0.05, 0.1) is 0 Å².